The van der Waals surface area contributed by atoms with Gasteiger partial charge in [0, 0.05) is 18.6 Å². The number of hydrogen-bond donors (Lipinski definition) is 2. The zero-order chi connectivity index (χ0) is 16.4. The molecule has 0 radical (unpaired) electrons. The molecule has 0 aromatic carbocycles. The molecule has 0 aromatic rings. The van der Waals surface area contributed by atoms with Crippen LogP contribution < -0.4 is 10.6 Å². The molecule has 126 valence electrons. The Morgan fingerprint density at radius 2 is 2.00 bits per heavy atom. The highest BCUT2D eigenvalue weighted by Gasteiger charge is 2.37. The lowest BCUT2D eigenvalue weighted by Gasteiger charge is -2.25. The largest absolute Gasteiger partial charge is 0.444 e. The van der Waals surface area contributed by atoms with Crippen LogP contribution in [0, 0.1) is 5.92 Å². The van der Waals surface area contributed by atoms with Crippen LogP contribution >= 0.6 is 0 Å². The van der Waals surface area contributed by atoms with Gasteiger partial charge < -0.3 is 20.1 Å². The molecule has 2 fully saturated rings. The Bertz CT molecular complexity index is 424. The summed E-state index contributed by atoms with van der Waals surface area (Å²) in [6, 6.07) is 0.0123. The normalized spacial score (nSPS) is 31.8. The van der Waals surface area contributed by atoms with Crippen LogP contribution in [0.15, 0.2) is 0 Å². The van der Waals surface area contributed by atoms with Gasteiger partial charge in [0.2, 0.25) is 5.91 Å². The third kappa shape index (κ3) is 4.87. The van der Waals surface area contributed by atoms with Gasteiger partial charge in [0.15, 0.2) is 0 Å². The number of carbonyl (C=O) groups excluding carboxylic acids is 2. The summed E-state index contributed by atoms with van der Waals surface area (Å²) in [5.74, 6) is 0.0267. The molecule has 2 aliphatic rings. The van der Waals surface area contributed by atoms with Crippen molar-refractivity contribution in [1.29, 1.82) is 0 Å². The predicted molar refractivity (Wildman–Crippen MR) is 82.5 cm³/mol. The maximum absolute atomic E-state index is 12.4. The van der Waals surface area contributed by atoms with E-state index < -0.39 is 11.7 Å². The molecule has 0 aromatic heterocycles. The molecular weight excluding hydrogens is 284 g/mol. The molecule has 0 spiro atoms. The van der Waals surface area contributed by atoms with Crippen LogP contribution in [0.4, 0.5) is 4.79 Å². The zero-order valence-corrected chi connectivity index (χ0v) is 14.0. The van der Waals surface area contributed by atoms with Gasteiger partial charge in [-0.3, -0.25) is 4.79 Å². The summed E-state index contributed by atoms with van der Waals surface area (Å²) in [4.78, 5) is 24.1. The molecule has 0 bridgehead atoms. The Morgan fingerprint density at radius 3 is 2.59 bits per heavy atom. The fourth-order valence-electron chi connectivity index (χ4n) is 2.99. The van der Waals surface area contributed by atoms with Crippen LogP contribution in [-0.4, -0.2) is 42.4 Å². The van der Waals surface area contributed by atoms with Crippen molar-refractivity contribution in [2.24, 2.45) is 5.92 Å². The average molecular weight is 312 g/mol. The Balaban J connectivity index is 1.77. The summed E-state index contributed by atoms with van der Waals surface area (Å²) < 4.78 is 10.6. The number of carbonyl (C=O) groups is 2. The van der Waals surface area contributed by atoms with E-state index in [1.807, 2.05) is 27.7 Å². The fourth-order valence-corrected chi connectivity index (χ4v) is 2.99. The number of amides is 2. The third-order valence-electron chi connectivity index (χ3n) is 4.17. The maximum atomic E-state index is 12.4. The van der Waals surface area contributed by atoms with Crippen LogP contribution in [-0.2, 0) is 14.3 Å². The first-order valence-corrected chi connectivity index (χ1v) is 8.06. The van der Waals surface area contributed by atoms with E-state index in [-0.39, 0.29) is 23.4 Å². The van der Waals surface area contributed by atoms with E-state index in [4.69, 9.17) is 9.47 Å². The molecule has 2 N–H and O–H groups in total. The van der Waals surface area contributed by atoms with Crippen LogP contribution in [0.25, 0.3) is 0 Å². The maximum Gasteiger partial charge on any atom is 0.407 e. The highest BCUT2D eigenvalue weighted by Crippen LogP contribution is 2.28. The topological polar surface area (TPSA) is 76.7 Å². The summed E-state index contributed by atoms with van der Waals surface area (Å²) in [7, 11) is 0. The molecular formula is C16H28N2O4. The summed E-state index contributed by atoms with van der Waals surface area (Å²) in [6.07, 6.45) is 2.72. The van der Waals surface area contributed by atoms with Gasteiger partial charge in [0.25, 0.3) is 0 Å². The van der Waals surface area contributed by atoms with Gasteiger partial charge in [-0.05, 0) is 53.4 Å². The Morgan fingerprint density at radius 1 is 1.27 bits per heavy atom. The number of nitrogens with one attached hydrogen (secondary N) is 2. The molecule has 2 amide bonds. The highest BCUT2D eigenvalue weighted by molar-refractivity contribution is 5.80. The van der Waals surface area contributed by atoms with Gasteiger partial charge in [0.1, 0.15) is 5.60 Å². The molecule has 1 heterocycles. The molecule has 3 atom stereocenters. The number of hydrogen-bond acceptors (Lipinski definition) is 4. The van der Waals surface area contributed by atoms with Crippen molar-refractivity contribution >= 4 is 12.0 Å². The van der Waals surface area contributed by atoms with Gasteiger partial charge in [-0.15, -0.1) is 0 Å². The van der Waals surface area contributed by atoms with E-state index in [0.29, 0.717) is 19.6 Å². The standard InChI is InChI=1S/C16H28N2O4/c1-15(2,3)22-14(20)17-12-6-5-11(9-12)13(19)18-16(4)7-8-21-10-16/h11-12H,5-10H2,1-4H3,(H,17,20)(H,18,19)/t11-,12+,16+/m1/s1. The van der Waals surface area contributed by atoms with Crippen molar-refractivity contribution in [3.8, 4) is 0 Å². The molecule has 1 aliphatic heterocycles. The Hall–Kier alpha value is -1.30. The SMILES string of the molecule is CC(C)(C)OC(=O)N[C@H]1CC[C@@H](C(=O)N[C@@]2(C)CCOC2)C1. The first kappa shape index (κ1) is 17.1. The first-order valence-electron chi connectivity index (χ1n) is 8.06. The van der Waals surface area contributed by atoms with E-state index in [9.17, 15) is 9.59 Å². The summed E-state index contributed by atoms with van der Waals surface area (Å²) in [6.45, 7) is 8.80. The van der Waals surface area contributed by atoms with Crippen LogP contribution in [0.5, 0.6) is 0 Å². The molecule has 1 aliphatic carbocycles. The van der Waals surface area contributed by atoms with E-state index in [1.165, 1.54) is 0 Å². The molecule has 1 saturated carbocycles. The molecule has 22 heavy (non-hydrogen) atoms. The van der Waals surface area contributed by atoms with E-state index >= 15 is 0 Å². The monoisotopic (exact) mass is 312 g/mol. The minimum Gasteiger partial charge on any atom is -0.444 e. The smallest absolute Gasteiger partial charge is 0.407 e. The van der Waals surface area contributed by atoms with Crippen molar-refractivity contribution in [3.05, 3.63) is 0 Å². The average Bonchev–Trinajstić information content (AvgIpc) is 2.96. The second kappa shape index (κ2) is 6.44. The van der Waals surface area contributed by atoms with Crippen molar-refractivity contribution in [2.45, 2.75) is 70.6 Å². The van der Waals surface area contributed by atoms with Crippen LogP contribution in [0.2, 0.25) is 0 Å². The van der Waals surface area contributed by atoms with Crippen molar-refractivity contribution < 1.29 is 19.1 Å². The van der Waals surface area contributed by atoms with Crippen molar-refractivity contribution in [2.75, 3.05) is 13.2 Å². The van der Waals surface area contributed by atoms with Gasteiger partial charge in [-0.25, -0.2) is 4.79 Å². The highest BCUT2D eigenvalue weighted by atomic mass is 16.6. The second-order valence-electron chi connectivity index (χ2n) is 7.71. The fraction of sp³-hybridized carbons (Fsp3) is 0.875. The summed E-state index contributed by atoms with van der Waals surface area (Å²) in [5.41, 5.74) is -0.746. The predicted octanol–water partition coefficient (Wildman–Crippen LogP) is 1.97. The lowest BCUT2D eigenvalue weighted by Crippen LogP contribution is -2.48. The van der Waals surface area contributed by atoms with Gasteiger partial charge in [0.05, 0.1) is 12.1 Å². The van der Waals surface area contributed by atoms with E-state index in [0.717, 1.165) is 19.3 Å². The second-order valence-corrected chi connectivity index (χ2v) is 7.71. The summed E-state index contributed by atoms with van der Waals surface area (Å²) >= 11 is 0. The van der Waals surface area contributed by atoms with Crippen molar-refractivity contribution in [3.63, 3.8) is 0 Å². The van der Waals surface area contributed by atoms with Crippen molar-refractivity contribution in [1.82, 2.24) is 10.6 Å². The lowest BCUT2D eigenvalue weighted by molar-refractivity contribution is -0.126. The third-order valence-corrected chi connectivity index (χ3v) is 4.17. The lowest BCUT2D eigenvalue weighted by atomic mass is 9.99. The number of alkyl carbamates (subject to hydrolysis) is 1. The molecule has 6 nitrogen and oxygen atoms in total. The van der Waals surface area contributed by atoms with E-state index in [2.05, 4.69) is 10.6 Å². The van der Waals surface area contributed by atoms with Gasteiger partial charge in [-0.1, -0.05) is 0 Å². The first-order chi connectivity index (χ1) is 10.2. The zero-order valence-electron chi connectivity index (χ0n) is 14.0. The minimum atomic E-state index is -0.503. The van der Waals surface area contributed by atoms with Gasteiger partial charge >= 0.3 is 6.09 Å². The Kier molecular flexibility index (Phi) is 5.00. The van der Waals surface area contributed by atoms with Crippen LogP contribution in [0.1, 0.15) is 53.4 Å². The van der Waals surface area contributed by atoms with Crippen LogP contribution in [0.3, 0.4) is 0 Å². The number of rotatable bonds is 3. The molecule has 1 saturated heterocycles. The molecule has 0 unspecified atom stereocenters. The summed E-state index contributed by atoms with van der Waals surface area (Å²) in [5, 5.41) is 5.96. The number of ether oxygens (including phenoxy) is 2. The molecule has 2 rings (SSSR count). The Labute approximate surface area is 132 Å². The quantitative estimate of drug-likeness (QED) is 0.835. The van der Waals surface area contributed by atoms with Gasteiger partial charge in [-0.2, -0.15) is 0 Å². The minimum absolute atomic E-state index is 0.0123. The van der Waals surface area contributed by atoms with E-state index in [1.54, 1.807) is 0 Å². The molecule has 6 heteroatoms.